The predicted octanol–water partition coefficient (Wildman–Crippen LogP) is 4.07. The van der Waals surface area contributed by atoms with Gasteiger partial charge in [-0.15, -0.1) is 0 Å². The van der Waals surface area contributed by atoms with Gasteiger partial charge in [0.1, 0.15) is 17.7 Å². The zero-order chi connectivity index (χ0) is 17.5. The molecule has 2 aromatic rings. The summed E-state index contributed by atoms with van der Waals surface area (Å²) in [5.41, 5.74) is 1.29. The Morgan fingerprint density at radius 1 is 1.04 bits per heavy atom. The van der Waals surface area contributed by atoms with Gasteiger partial charge in [0.2, 0.25) is 0 Å². The minimum Gasteiger partial charge on any atom is -0.453 e. The summed E-state index contributed by atoms with van der Waals surface area (Å²) in [7, 11) is 0. The van der Waals surface area contributed by atoms with Gasteiger partial charge >= 0.3 is 11.9 Å². The topological polar surface area (TPSA) is 52.6 Å². The number of ether oxygens (including phenoxy) is 2. The summed E-state index contributed by atoms with van der Waals surface area (Å²) in [5.74, 6) is -1.62. The molecule has 0 N–H and O–H groups in total. The third-order valence-corrected chi connectivity index (χ3v) is 3.09. The number of esters is 2. The molecule has 0 aromatic heterocycles. The van der Waals surface area contributed by atoms with E-state index in [-0.39, 0.29) is 5.75 Å². The van der Waals surface area contributed by atoms with Crippen LogP contribution in [0, 0.1) is 5.82 Å². The van der Waals surface area contributed by atoms with Gasteiger partial charge in [-0.05, 0) is 23.8 Å². The normalized spacial score (nSPS) is 12.0. The van der Waals surface area contributed by atoms with E-state index < -0.39 is 23.9 Å². The maximum atomic E-state index is 13.5. The van der Waals surface area contributed by atoms with Crippen LogP contribution in [-0.4, -0.2) is 11.9 Å². The van der Waals surface area contributed by atoms with Crippen LogP contribution in [0.5, 0.6) is 5.75 Å². The number of carbonyl (C=O) groups is 2. The highest BCUT2D eigenvalue weighted by atomic mass is 19.1. The van der Waals surface area contributed by atoms with Crippen LogP contribution in [0.15, 0.2) is 54.6 Å². The van der Waals surface area contributed by atoms with Crippen molar-refractivity contribution >= 4 is 18.0 Å². The van der Waals surface area contributed by atoms with Crippen molar-refractivity contribution < 1.29 is 23.5 Å². The highest BCUT2D eigenvalue weighted by Gasteiger charge is 2.18. The first-order valence-corrected chi connectivity index (χ1v) is 7.34. The van der Waals surface area contributed by atoms with Crippen molar-refractivity contribution in [3.8, 4) is 5.75 Å². The van der Waals surface area contributed by atoms with Crippen molar-refractivity contribution in [2.24, 2.45) is 0 Å². The molecule has 0 spiro atoms. The van der Waals surface area contributed by atoms with Crippen molar-refractivity contribution in [3.63, 3.8) is 0 Å². The van der Waals surface area contributed by atoms with E-state index in [4.69, 9.17) is 9.47 Å². The van der Waals surface area contributed by atoms with Crippen LogP contribution in [0.25, 0.3) is 6.08 Å². The Morgan fingerprint density at radius 2 is 1.75 bits per heavy atom. The largest absolute Gasteiger partial charge is 0.453 e. The van der Waals surface area contributed by atoms with Gasteiger partial charge in [-0.2, -0.15) is 0 Å². The van der Waals surface area contributed by atoms with E-state index in [2.05, 4.69) is 0 Å². The summed E-state index contributed by atoms with van der Waals surface area (Å²) >= 11 is 0. The molecule has 0 bridgehead atoms. The lowest BCUT2D eigenvalue weighted by molar-refractivity contribution is -0.144. The van der Waals surface area contributed by atoms with E-state index >= 15 is 0 Å². The first kappa shape index (κ1) is 17.4. The second kappa shape index (κ2) is 8.06. The minimum atomic E-state index is -0.808. The number of carbonyl (C=O) groups excluding carboxylic acids is 2. The van der Waals surface area contributed by atoms with Crippen LogP contribution in [0.4, 0.5) is 4.39 Å². The van der Waals surface area contributed by atoms with Crippen LogP contribution in [0.2, 0.25) is 0 Å². The minimum absolute atomic E-state index is 0.0199. The van der Waals surface area contributed by atoms with Crippen LogP contribution in [0.1, 0.15) is 31.1 Å². The molecule has 124 valence electrons. The molecule has 4 nitrogen and oxygen atoms in total. The Morgan fingerprint density at radius 3 is 2.38 bits per heavy atom. The van der Waals surface area contributed by atoms with Gasteiger partial charge in [-0.25, -0.2) is 4.39 Å². The lowest BCUT2D eigenvalue weighted by atomic mass is 10.1. The average molecular weight is 328 g/mol. The van der Waals surface area contributed by atoms with E-state index in [9.17, 15) is 14.0 Å². The quantitative estimate of drug-likeness (QED) is 0.613. The van der Waals surface area contributed by atoms with Crippen molar-refractivity contribution in [3.05, 3.63) is 71.6 Å². The van der Waals surface area contributed by atoms with E-state index in [1.807, 2.05) is 30.3 Å². The van der Waals surface area contributed by atoms with Gasteiger partial charge in [0.05, 0.1) is 0 Å². The first-order chi connectivity index (χ1) is 11.5. The van der Waals surface area contributed by atoms with Crippen molar-refractivity contribution in [2.45, 2.75) is 20.0 Å². The molecule has 1 atom stereocenters. The molecule has 24 heavy (non-hydrogen) atoms. The van der Waals surface area contributed by atoms with Gasteiger partial charge in [-0.1, -0.05) is 36.4 Å². The number of rotatable bonds is 5. The molecule has 2 rings (SSSR count). The zero-order valence-electron chi connectivity index (χ0n) is 13.4. The molecule has 0 aliphatic rings. The molecule has 0 aliphatic heterocycles. The summed E-state index contributed by atoms with van der Waals surface area (Å²) in [6.07, 6.45) is 2.61. The van der Waals surface area contributed by atoms with Crippen LogP contribution >= 0.6 is 0 Å². The van der Waals surface area contributed by atoms with Gasteiger partial charge in [-0.3, -0.25) is 9.59 Å². The van der Waals surface area contributed by atoms with Crippen molar-refractivity contribution in [1.29, 1.82) is 0 Å². The van der Waals surface area contributed by atoms with E-state index in [0.29, 0.717) is 5.56 Å². The molecule has 0 aliphatic carbocycles. The van der Waals surface area contributed by atoms with Gasteiger partial charge in [0.25, 0.3) is 0 Å². The third-order valence-electron chi connectivity index (χ3n) is 3.09. The lowest BCUT2D eigenvalue weighted by Gasteiger charge is -2.17. The fourth-order valence-corrected chi connectivity index (χ4v) is 2.13. The highest BCUT2D eigenvalue weighted by molar-refractivity contribution is 5.70. The summed E-state index contributed by atoms with van der Waals surface area (Å²) in [5, 5.41) is 0. The van der Waals surface area contributed by atoms with E-state index in [1.54, 1.807) is 12.2 Å². The van der Waals surface area contributed by atoms with E-state index in [1.165, 1.54) is 26.0 Å². The summed E-state index contributed by atoms with van der Waals surface area (Å²) in [4.78, 5) is 22.6. The second-order valence-electron chi connectivity index (χ2n) is 5.08. The lowest BCUT2D eigenvalue weighted by Crippen LogP contribution is -2.10. The Hall–Kier alpha value is -2.95. The molecule has 0 heterocycles. The Bertz CT molecular complexity index is 753. The number of hydrogen-bond donors (Lipinski definition) is 0. The zero-order valence-corrected chi connectivity index (χ0v) is 13.4. The molecule has 5 heteroatoms. The number of hydrogen-bond acceptors (Lipinski definition) is 4. The molecule has 0 radical (unpaired) electrons. The second-order valence-corrected chi connectivity index (χ2v) is 5.08. The Labute approximate surface area is 139 Å². The Kier molecular flexibility index (Phi) is 5.84. The molecule has 0 amide bonds. The van der Waals surface area contributed by atoms with Crippen LogP contribution < -0.4 is 4.74 Å². The van der Waals surface area contributed by atoms with Gasteiger partial charge < -0.3 is 9.47 Å². The highest BCUT2D eigenvalue weighted by Crippen LogP contribution is 2.30. The smallest absolute Gasteiger partial charge is 0.308 e. The van der Waals surface area contributed by atoms with E-state index in [0.717, 1.165) is 11.6 Å². The maximum absolute atomic E-state index is 13.5. The third kappa shape index (κ3) is 5.05. The molecular weight excluding hydrogens is 311 g/mol. The van der Waals surface area contributed by atoms with Gasteiger partial charge in [0, 0.05) is 25.5 Å². The molecule has 1 unspecified atom stereocenters. The predicted molar refractivity (Wildman–Crippen MR) is 87.7 cm³/mol. The SMILES string of the molecule is CC(=O)Oc1cc(F)ccc1C(/C=C/c1ccccc1)OC(C)=O. The molecule has 0 fully saturated rings. The molecule has 0 saturated heterocycles. The summed E-state index contributed by atoms with van der Waals surface area (Å²) < 4.78 is 23.8. The van der Waals surface area contributed by atoms with Gasteiger partial charge in [0.15, 0.2) is 0 Å². The molecule has 0 saturated carbocycles. The fraction of sp³-hybridized carbons (Fsp3) is 0.158. The van der Waals surface area contributed by atoms with Crippen molar-refractivity contribution in [2.75, 3.05) is 0 Å². The monoisotopic (exact) mass is 328 g/mol. The maximum Gasteiger partial charge on any atom is 0.308 e. The molecule has 2 aromatic carbocycles. The molecular formula is C19H17FO4. The fourth-order valence-electron chi connectivity index (χ4n) is 2.13. The number of benzene rings is 2. The number of halogens is 1. The average Bonchev–Trinajstić information content (AvgIpc) is 2.52. The van der Waals surface area contributed by atoms with Crippen molar-refractivity contribution in [1.82, 2.24) is 0 Å². The first-order valence-electron chi connectivity index (χ1n) is 7.34. The Balaban J connectivity index is 2.39. The van der Waals surface area contributed by atoms with Crippen LogP contribution in [0.3, 0.4) is 0 Å². The summed E-state index contributed by atoms with van der Waals surface area (Å²) in [6, 6.07) is 13.2. The summed E-state index contributed by atoms with van der Waals surface area (Å²) in [6.45, 7) is 2.49. The standard InChI is InChI=1S/C19H17FO4/c1-13(21)23-18(11-8-15-6-4-3-5-7-15)17-10-9-16(20)12-19(17)24-14(2)22/h3-12,18H,1-2H3/b11-8+. The van der Waals surface area contributed by atoms with Crippen LogP contribution in [-0.2, 0) is 14.3 Å².